The molecule has 0 spiro atoms. The quantitative estimate of drug-likeness (QED) is 0.186. The maximum atomic E-state index is 11.9. The average Bonchev–Trinajstić information content (AvgIpc) is 2.86. The molecular weight excluding hydrogens is 486 g/mol. The van der Waals surface area contributed by atoms with Crippen molar-refractivity contribution in [1.82, 2.24) is 10.6 Å². The van der Waals surface area contributed by atoms with E-state index in [0.717, 1.165) is 11.1 Å². The van der Waals surface area contributed by atoms with Crippen LogP contribution in [0.2, 0.25) is 0 Å². The summed E-state index contributed by atoms with van der Waals surface area (Å²) >= 11 is 0. The molecule has 2 amide bonds. The molecule has 0 atom stereocenters. The van der Waals surface area contributed by atoms with Crippen LogP contribution in [0.1, 0.15) is 24.0 Å². The molecule has 0 saturated heterocycles. The highest BCUT2D eigenvalue weighted by Crippen LogP contribution is 2.08. The fraction of sp³-hybridized carbons (Fsp3) is 0.440. The van der Waals surface area contributed by atoms with Crippen molar-refractivity contribution in [3.05, 3.63) is 71.8 Å². The first-order chi connectivity index (χ1) is 17.2. The number of benzene rings is 2. The van der Waals surface area contributed by atoms with E-state index >= 15 is 0 Å². The molecule has 0 radical (unpaired) electrons. The fourth-order valence-electron chi connectivity index (χ4n) is 3.52. The van der Waals surface area contributed by atoms with Gasteiger partial charge in [-0.2, -0.15) is 8.42 Å². The predicted octanol–water partition coefficient (Wildman–Crippen LogP) is 2.95. The number of ether oxygens (including phenoxy) is 2. The fourth-order valence-corrected chi connectivity index (χ4v) is 4.19. The van der Waals surface area contributed by atoms with Crippen LogP contribution in [0.25, 0.3) is 0 Å². The molecule has 3 N–H and O–H groups in total. The Bertz CT molecular complexity index is 971. The molecule has 0 aromatic heterocycles. The molecule has 10 nitrogen and oxygen atoms in total. The van der Waals surface area contributed by atoms with E-state index in [4.69, 9.17) is 9.47 Å². The molecule has 11 heteroatoms. The molecule has 0 unspecified atom stereocenters. The lowest BCUT2D eigenvalue weighted by Crippen LogP contribution is -2.49. The Morgan fingerprint density at radius 2 is 1.19 bits per heavy atom. The van der Waals surface area contributed by atoms with Crippen LogP contribution in [0.3, 0.4) is 0 Å². The molecule has 36 heavy (non-hydrogen) atoms. The Labute approximate surface area is 212 Å². The molecule has 0 aliphatic carbocycles. The second-order valence-electron chi connectivity index (χ2n) is 8.76. The summed E-state index contributed by atoms with van der Waals surface area (Å²) in [4.78, 5) is 23.8. The van der Waals surface area contributed by atoms with Crippen LogP contribution in [0.15, 0.2) is 60.7 Å². The van der Waals surface area contributed by atoms with Gasteiger partial charge in [0.25, 0.3) is 10.1 Å². The third-order valence-corrected chi connectivity index (χ3v) is 6.30. The number of hydrogen-bond acceptors (Lipinski definition) is 6. The first-order valence-electron chi connectivity index (χ1n) is 11.8. The molecule has 198 valence electrons. The molecular formula is C25H36N3O7S+. The zero-order chi connectivity index (χ0) is 26.3. The number of amides is 2. The van der Waals surface area contributed by atoms with Crippen molar-refractivity contribution >= 4 is 22.3 Å². The first kappa shape index (κ1) is 29.1. The van der Waals surface area contributed by atoms with Crippen LogP contribution in [-0.4, -0.2) is 75.2 Å². The molecule has 0 aliphatic heterocycles. The minimum Gasteiger partial charge on any atom is -0.445 e. The second kappa shape index (κ2) is 15.1. The summed E-state index contributed by atoms with van der Waals surface area (Å²) in [7, 11) is -2.23. The molecule has 0 fully saturated rings. The zero-order valence-corrected chi connectivity index (χ0v) is 21.4. The number of alkyl carbamates (subject to hydrolysis) is 2. The van der Waals surface area contributed by atoms with Gasteiger partial charge in [-0.05, 0) is 11.1 Å². The van der Waals surface area contributed by atoms with Gasteiger partial charge >= 0.3 is 12.2 Å². The van der Waals surface area contributed by atoms with Gasteiger partial charge in [-0.25, -0.2) is 9.59 Å². The van der Waals surface area contributed by atoms with Gasteiger partial charge < -0.3 is 24.6 Å². The lowest BCUT2D eigenvalue weighted by molar-refractivity contribution is -0.907. The monoisotopic (exact) mass is 522 g/mol. The van der Waals surface area contributed by atoms with Crippen LogP contribution in [0, 0.1) is 0 Å². The highest BCUT2D eigenvalue weighted by molar-refractivity contribution is 7.85. The van der Waals surface area contributed by atoms with Gasteiger partial charge in [0.05, 0.1) is 26.7 Å². The summed E-state index contributed by atoms with van der Waals surface area (Å²) < 4.78 is 42.5. The van der Waals surface area contributed by atoms with E-state index in [2.05, 4.69) is 10.6 Å². The standard InChI is InChI=1S/C25H35N3O7S/c1-28(18-19-36(31,32)33,16-8-14-26-24(29)34-20-22-10-4-2-5-11-22)17-9-15-27-25(30)35-21-23-12-6-3-7-13-23/h2-7,10-13H,8-9,14-21H2,1H3,(H2-,26,27,29,30,31,32,33)/p+1. The van der Waals surface area contributed by atoms with Crippen LogP contribution in [0.5, 0.6) is 0 Å². The maximum Gasteiger partial charge on any atom is 0.407 e. The van der Waals surface area contributed by atoms with Crippen LogP contribution in [0.4, 0.5) is 9.59 Å². The molecule has 0 saturated carbocycles. The molecule has 0 bridgehead atoms. The molecule has 0 heterocycles. The molecule has 0 aliphatic rings. The van der Waals surface area contributed by atoms with E-state index in [1.807, 2.05) is 67.7 Å². The van der Waals surface area contributed by atoms with E-state index in [1.54, 1.807) is 0 Å². The summed E-state index contributed by atoms with van der Waals surface area (Å²) in [6.07, 6.45) is 0.109. The van der Waals surface area contributed by atoms with Crippen molar-refractivity contribution < 1.29 is 36.5 Å². The number of rotatable bonds is 15. The first-order valence-corrected chi connectivity index (χ1v) is 13.4. The van der Waals surface area contributed by atoms with Crippen molar-refractivity contribution in [1.29, 1.82) is 0 Å². The largest absolute Gasteiger partial charge is 0.445 e. The summed E-state index contributed by atoms with van der Waals surface area (Å²) in [6.45, 7) is 2.40. The molecule has 2 aromatic rings. The Morgan fingerprint density at radius 1 is 0.778 bits per heavy atom. The highest BCUT2D eigenvalue weighted by atomic mass is 32.2. The lowest BCUT2D eigenvalue weighted by Gasteiger charge is -2.34. The van der Waals surface area contributed by atoms with Crippen molar-refractivity contribution in [2.24, 2.45) is 0 Å². The van der Waals surface area contributed by atoms with E-state index in [1.165, 1.54) is 0 Å². The van der Waals surface area contributed by atoms with Crippen molar-refractivity contribution in [3.63, 3.8) is 0 Å². The SMILES string of the molecule is C[N+](CCCNC(=O)OCc1ccccc1)(CCCNC(=O)OCc1ccccc1)CCS(=O)(=O)O. The van der Waals surface area contributed by atoms with E-state index in [9.17, 15) is 22.6 Å². The van der Waals surface area contributed by atoms with Crippen molar-refractivity contribution in [2.75, 3.05) is 45.5 Å². The zero-order valence-electron chi connectivity index (χ0n) is 20.6. The normalized spacial score (nSPS) is 11.5. The second-order valence-corrected chi connectivity index (χ2v) is 10.3. The minimum atomic E-state index is -4.11. The Morgan fingerprint density at radius 3 is 1.58 bits per heavy atom. The van der Waals surface area contributed by atoms with E-state index in [-0.39, 0.29) is 25.5 Å². The number of carbonyl (C=O) groups excluding carboxylic acids is 2. The summed E-state index contributed by atoms with van der Waals surface area (Å²) in [6, 6.07) is 18.7. The van der Waals surface area contributed by atoms with Crippen LogP contribution < -0.4 is 10.6 Å². The third-order valence-electron chi connectivity index (χ3n) is 5.60. The Hall–Kier alpha value is -3.15. The van der Waals surface area contributed by atoms with Gasteiger partial charge in [-0.1, -0.05) is 60.7 Å². The number of hydrogen-bond donors (Lipinski definition) is 3. The van der Waals surface area contributed by atoms with Gasteiger partial charge in [0.1, 0.15) is 19.0 Å². The van der Waals surface area contributed by atoms with Crippen LogP contribution in [-0.2, 0) is 32.8 Å². The van der Waals surface area contributed by atoms with Gasteiger partial charge in [0.2, 0.25) is 0 Å². The van der Waals surface area contributed by atoms with Gasteiger partial charge in [-0.3, -0.25) is 4.55 Å². The van der Waals surface area contributed by atoms with Gasteiger partial charge in [0.15, 0.2) is 0 Å². The third kappa shape index (κ3) is 13.1. The smallest absolute Gasteiger partial charge is 0.407 e. The van der Waals surface area contributed by atoms with Gasteiger partial charge in [-0.15, -0.1) is 0 Å². The van der Waals surface area contributed by atoms with Crippen molar-refractivity contribution in [3.8, 4) is 0 Å². The Balaban J connectivity index is 1.70. The maximum absolute atomic E-state index is 11.9. The number of nitrogens with one attached hydrogen (secondary N) is 2. The summed E-state index contributed by atoms with van der Waals surface area (Å²) in [5.74, 6) is -0.372. The van der Waals surface area contributed by atoms with Crippen molar-refractivity contribution in [2.45, 2.75) is 26.1 Å². The number of nitrogens with zero attached hydrogens (tertiary/aromatic N) is 1. The Kier molecular flexibility index (Phi) is 12.2. The lowest BCUT2D eigenvalue weighted by atomic mass is 10.2. The summed E-state index contributed by atoms with van der Waals surface area (Å²) in [5, 5.41) is 5.39. The summed E-state index contributed by atoms with van der Waals surface area (Å²) in [5.41, 5.74) is 1.78. The topological polar surface area (TPSA) is 131 Å². The minimum absolute atomic E-state index is 0.176. The number of quaternary nitrogens is 1. The van der Waals surface area contributed by atoms with Gasteiger partial charge in [0, 0.05) is 25.9 Å². The molecule has 2 aromatic carbocycles. The predicted molar refractivity (Wildman–Crippen MR) is 136 cm³/mol. The highest BCUT2D eigenvalue weighted by Gasteiger charge is 2.24. The number of carbonyl (C=O) groups is 2. The molecule has 2 rings (SSSR count). The van der Waals surface area contributed by atoms with Crippen LogP contribution >= 0.6 is 0 Å². The van der Waals surface area contributed by atoms with E-state index in [0.29, 0.717) is 43.5 Å². The average molecular weight is 523 g/mol. The van der Waals surface area contributed by atoms with E-state index < -0.39 is 22.3 Å².